The molecule has 0 fully saturated rings. The van der Waals surface area contributed by atoms with Gasteiger partial charge in [-0.2, -0.15) is 0 Å². The van der Waals surface area contributed by atoms with Crippen LogP contribution in [-0.4, -0.2) is 11.1 Å². The number of benzene rings is 1. The van der Waals surface area contributed by atoms with Crippen molar-refractivity contribution in [2.45, 2.75) is 13.8 Å². The van der Waals surface area contributed by atoms with Crippen LogP contribution in [0.1, 0.15) is 21.6 Å². The van der Waals surface area contributed by atoms with Crippen molar-refractivity contribution in [2.75, 3.05) is 5.32 Å². The van der Waals surface area contributed by atoms with Crippen LogP contribution in [0.4, 0.5) is 5.69 Å². The van der Waals surface area contributed by atoms with E-state index in [1.807, 2.05) is 25.1 Å². The van der Waals surface area contributed by atoms with Gasteiger partial charge in [0.15, 0.2) is 5.69 Å². The van der Waals surface area contributed by atoms with Gasteiger partial charge in [0.2, 0.25) is 0 Å². The summed E-state index contributed by atoms with van der Waals surface area (Å²) in [5.41, 5.74) is 2.78. The number of halogens is 1. The van der Waals surface area contributed by atoms with Crippen LogP contribution in [0.5, 0.6) is 0 Å². The van der Waals surface area contributed by atoms with Crippen molar-refractivity contribution in [1.29, 1.82) is 0 Å². The van der Waals surface area contributed by atoms with Crippen molar-refractivity contribution in [3.05, 3.63) is 45.8 Å². The number of nitrogens with zero attached hydrogens (tertiary/aromatic N) is 1. The number of aryl methyl sites for hydroxylation is 2. The molecule has 0 spiro atoms. The molecule has 2 rings (SSSR count). The van der Waals surface area contributed by atoms with Gasteiger partial charge in [0.05, 0.1) is 0 Å². The molecule has 1 aromatic carbocycles. The maximum atomic E-state index is 11.9. The molecule has 5 heteroatoms. The third-order valence-electron chi connectivity index (χ3n) is 2.40. The van der Waals surface area contributed by atoms with Crippen LogP contribution in [0.25, 0.3) is 0 Å². The number of aromatic nitrogens is 1. The second-order valence-electron chi connectivity index (χ2n) is 3.76. The van der Waals surface area contributed by atoms with E-state index in [1.165, 1.54) is 6.26 Å². The molecule has 1 heterocycles. The van der Waals surface area contributed by atoms with Crippen LogP contribution in [-0.2, 0) is 0 Å². The molecular formula is C12H11BrN2O2. The molecular weight excluding hydrogens is 284 g/mol. The summed E-state index contributed by atoms with van der Waals surface area (Å²) in [5, 5.41) is 6.46. The second-order valence-corrected chi connectivity index (χ2v) is 4.68. The van der Waals surface area contributed by atoms with Crippen LogP contribution in [0.15, 0.2) is 33.5 Å². The molecule has 0 unspecified atom stereocenters. The number of anilines is 1. The normalized spacial score (nSPS) is 10.3. The lowest BCUT2D eigenvalue weighted by Crippen LogP contribution is -2.14. The van der Waals surface area contributed by atoms with Gasteiger partial charge >= 0.3 is 0 Å². The van der Waals surface area contributed by atoms with Crippen LogP contribution < -0.4 is 5.32 Å². The molecule has 0 aliphatic heterocycles. The van der Waals surface area contributed by atoms with Crippen LogP contribution >= 0.6 is 15.9 Å². The van der Waals surface area contributed by atoms with Gasteiger partial charge in [0, 0.05) is 15.7 Å². The molecule has 0 bridgehead atoms. The Kier molecular flexibility index (Phi) is 3.28. The summed E-state index contributed by atoms with van der Waals surface area (Å²) in [4.78, 5) is 11.9. The number of hydrogen-bond donors (Lipinski definition) is 1. The molecule has 17 heavy (non-hydrogen) atoms. The Morgan fingerprint density at radius 1 is 1.35 bits per heavy atom. The van der Waals surface area contributed by atoms with E-state index >= 15 is 0 Å². The van der Waals surface area contributed by atoms with Gasteiger partial charge in [-0.05, 0) is 37.6 Å². The highest BCUT2D eigenvalue weighted by Crippen LogP contribution is 2.20. The van der Waals surface area contributed by atoms with Crippen molar-refractivity contribution in [1.82, 2.24) is 5.16 Å². The van der Waals surface area contributed by atoms with Gasteiger partial charge in [-0.25, -0.2) is 0 Å². The molecule has 0 aliphatic carbocycles. The third kappa shape index (κ3) is 2.55. The number of nitrogens with one attached hydrogen (secondary N) is 1. The average Bonchev–Trinajstić information content (AvgIpc) is 2.68. The van der Waals surface area contributed by atoms with Gasteiger partial charge in [-0.15, -0.1) is 0 Å². The van der Waals surface area contributed by atoms with E-state index in [4.69, 9.17) is 4.52 Å². The summed E-state index contributed by atoms with van der Waals surface area (Å²) in [5.74, 6) is -0.262. The zero-order valence-electron chi connectivity index (χ0n) is 9.45. The Balaban J connectivity index is 2.22. The standard InChI is InChI=1S/C12H11BrN2O2/c1-7-5-9(13)3-4-10(7)14-12(16)11-8(2)6-17-15-11/h3-6H,1-2H3,(H,14,16). The first-order chi connectivity index (χ1) is 8.08. The summed E-state index contributed by atoms with van der Waals surface area (Å²) in [7, 11) is 0. The SMILES string of the molecule is Cc1cc(Br)ccc1NC(=O)c1nocc1C. The zero-order chi connectivity index (χ0) is 12.4. The number of amides is 1. The van der Waals surface area contributed by atoms with E-state index in [0.29, 0.717) is 5.69 Å². The highest BCUT2D eigenvalue weighted by atomic mass is 79.9. The van der Waals surface area contributed by atoms with Gasteiger partial charge < -0.3 is 9.84 Å². The molecule has 0 saturated carbocycles. The van der Waals surface area contributed by atoms with Crippen molar-refractivity contribution in [3.8, 4) is 0 Å². The summed E-state index contributed by atoms with van der Waals surface area (Å²) in [6.07, 6.45) is 1.45. The number of carbonyl (C=O) groups excluding carboxylic acids is 1. The van der Waals surface area contributed by atoms with Gasteiger partial charge in [-0.1, -0.05) is 21.1 Å². The monoisotopic (exact) mass is 294 g/mol. The topological polar surface area (TPSA) is 55.1 Å². The first-order valence-electron chi connectivity index (χ1n) is 5.06. The van der Waals surface area contributed by atoms with Gasteiger partial charge in [0.25, 0.3) is 5.91 Å². The van der Waals surface area contributed by atoms with Crippen LogP contribution in [0.3, 0.4) is 0 Å². The molecule has 2 aromatic rings. The lowest BCUT2D eigenvalue weighted by molar-refractivity contribution is 0.101. The highest BCUT2D eigenvalue weighted by Gasteiger charge is 2.14. The van der Waals surface area contributed by atoms with E-state index in [2.05, 4.69) is 26.4 Å². The maximum absolute atomic E-state index is 11.9. The van der Waals surface area contributed by atoms with Crippen molar-refractivity contribution in [3.63, 3.8) is 0 Å². The smallest absolute Gasteiger partial charge is 0.278 e. The summed E-state index contributed by atoms with van der Waals surface area (Å²) in [6, 6.07) is 5.65. The Hall–Kier alpha value is -1.62. The fourth-order valence-electron chi connectivity index (χ4n) is 1.46. The van der Waals surface area contributed by atoms with Crippen molar-refractivity contribution < 1.29 is 9.32 Å². The predicted molar refractivity (Wildman–Crippen MR) is 68.1 cm³/mol. The number of carbonyl (C=O) groups is 1. The molecule has 1 amide bonds. The average molecular weight is 295 g/mol. The fourth-order valence-corrected chi connectivity index (χ4v) is 1.93. The van der Waals surface area contributed by atoms with Crippen LogP contribution in [0.2, 0.25) is 0 Å². The molecule has 4 nitrogen and oxygen atoms in total. The molecule has 88 valence electrons. The Bertz CT molecular complexity index is 563. The second kappa shape index (κ2) is 4.71. The minimum absolute atomic E-state index is 0.262. The molecule has 0 saturated heterocycles. The molecule has 0 atom stereocenters. The highest BCUT2D eigenvalue weighted by molar-refractivity contribution is 9.10. The molecule has 0 aliphatic rings. The quantitative estimate of drug-likeness (QED) is 0.924. The first-order valence-corrected chi connectivity index (χ1v) is 5.85. The Morgan fingerprint density at radius 2 is 2.12 bits per heavy atom. The largest absolute Gasteiger partial charge is 0.364 e. The van der Waals surface area contributed by atoms with E-state index in [1.54, 1.807) is 6.92 Å². The van der Waals surface area contributed by atoms with E-state index in [0.717, 1.165) is 21.3 Å². The van der Waals surface area contributed by atoms with Gasteiger partial charge in [0.1, 0.15) is 6.26 Å². The summed E-state index contributed by atoms with van der Waals surface area (Å²) < 4.78 is 5.71. The maximum Gasteiger partial charge on any atom is 0.278 e. The molecule has 0 radical (unpaired) electrons. The molecule has 1 aromatic heterocycles. The zero-order valence-corrected chi connectivity index (χ0v) is 11.0. The third-order valence-corrected chi connectivity index (χ3v) is 2.89. The first kappa shape index (κ1) is 11.9. The number of hydrogen-bond acceptors (Lipinski definition) is 3. The molecule has 1 N–H and O–H groups in total. The van der Waals surface area contributed by atoms with Crippen molar-refractivity contribution in [2.24, 2.45) is 0 Å². The van der Waals surface area contributed by atoms with E-state index in [-0.39, 0.29) is 5.91 Å². The lowest BCUT2D eigenvalue weighted by Gasteiger charge is -2.07. The van der Waals surface area contributed by atoms with Crippen molar-refractivity contribution >= 4 is 27.5 Å². The minimum atomic E-state index is -0.262. The van der Waals surface area contributed by atoms with Crippen LogP contribution in [0, 0.1) is 13.8 Å². The summed E-state index contributed by atoms with van der Waals surface area (Å²) in [6.45, 7) is 3.70. The Morgan fingerprint density at radius 3 is 2.71 bits per heavy atom. The van der Waals surface area contributed by atoms with E-state index < -0.39 is 0 Å². The predicted octanol–water partition coefficient (Wildman–Crippen LogP) is 3.31. The Labute approximate surface area is 107 Å². The lowest BCUT2D eigenvalue weighted by atomic mass is 10.2. The minimum Gasteiger partial charge on any atom is -0.364 e. The number of rotatable bonds is 2. The van der Waals surface area contributed by atoms with Gasteiger partial charge in [-0.3, -0.25) is 4.79 Å². The summed E-state index contributed by atoms with van der Waals surface area (Å²) >= 11 is 3.37. The fraction of sp³-hybridized carbons (Fsp3) is 0.167. The van der Waals surface area contributed by atoms with E-state index in [9.17, 15) is 4.79 Å².